The monoisotopic (exact) mass is 465 g/mol. The summed E-state index contributed by atoms with van der Waals surface area (Å²) in [7, 11) is 0. The molecule has 1 spiro atoms. The molecule has 2 heterocycles. The molecule has 0 bridgehead atoms. The Kier molecular flexibility index (Phi) is 4.83. The van der Waals surface area contributed by atoms with Crippen LogP contribution in [-0.2, 0) is 20.7 Å². The average Bonchev–Trinajstić information content (AvgIpc) is 3.44. The summed E-state index contributed by atoms with van der Waals surface area (Å²) in [5.41, 5.74) is 1.15. The molecule has 3 atom stereocenters. The molecule has 0 saturated carbocycles. The Labute approximate surface area is 202 Å². The highest BCUT2D eigenvalue weighted by molar-refractivity contribution is 6.35. The molecule has 174 valence electrons. The molecule has 6 nitrogen and oxygen atoms in total. The number of rotatable bonds is 4. The van der Waals surface area contributed by atoms with E-state index >= 15 is 0 Å². The van der Waals surface area contributed by atoms with Crippen LogP contribution in [0, 0.1) is 18.8 Å². The van der Waals surface area contributed by atoms with E-state index in [-0.39, 0.29) is 17.7 Å². The molecule has 0 radical (unpaired) electrons. The Balaban J connectivity index is 1.44. The molecule has 2 amide bonds. The maximum absolute atomic E-state index is 13.8. The van der Waals surface area contributed by atoms with Gasteiger partial charge in [-0.2, -0.15) is 0 Å². The van der Waals surface area contributed by atoms with E-state index in [1.807, 2.05) is 61.5 Å². The molecule has 3 aromatic carbocycles. The van der Waals surface area contributed by atoms with Crippen molar-refractivity contribution in [1.82, 2.24) is 4.90 Å². The Morgan fingerprint density at radius 3 is 2.00 bits per heavy atom. The van der Waals surface area contributed by atoms with Crippen LogP contribution in [0.25, 0.3) is 0 Å². The van der Waals surface area contributed by atoms with Crippen molar-refractivity contribution >= 4 is 23.4 Å². The maximum Gasteiger partial charge on any atom is 0.237 e. The molecule has 2 saturated heterocycles. The van der Waals surface area contributed by atoms with Crippen LogP contribution in [0.1, 0.15) is 43.5 Å². The highest BCUT2D eigenvalue weighted by Crippen LogP contribution is 2.57. The first-order valence-electron chi connectivity index (χ1n) is 11.8. The van der Waals surface area contributed by atoms with Gasteiger partial charge in [-0.1, -0.05) is 84.4 Å². The van der Waals surface area contributed by atoms with E-state index in [1.165, 1.54) is 4.90 Å². The summed E-state index contributed by atoms with van der Waals surface area (Å²) < 4.78 is 6.29. The number of carbonyl (C=O) groups is 4. The number of nitrogens with zero attached hydrogens (tertiary/aromatic N) is 1. The first-order valence-corrected chi connectivity index (χ1v) is 11.8. The highest BCUT2D eigenvalue weighted by atomic mass is 16.5. The second-order valence-electron chi connectivity index (χ2n) is 9.46. The van der Waals surface area contributed by atoms with Crippen molar-refractivity contribution < 1.29 is 23.9 Å². The Morgan fingerprint density at radius 2 is 1.37 bits per heavy atom. The van der Waals surface area contributed by atoms with Crippen LogP contribution in [0.3, 0.4) is 0 Å². The lowest BCUT2D eigenvalue weighted by Gasteiger charge is -2.27. The topological polar surface area (TPSA) is 80.8 Å². The van der Waals surface area contributed by atoms with Crippen LogP contribution < -0.4 is 0 Å². The summed E-state index contributed by atoms with van der Waals surface area (Å²) in [5.74, 6) is -4.11. The molecule has 0 aromatic heterocycles. The van der Waals surface area contributed by atoms with Gasteiger partial charge in [0, 0.05) is 17.7 Å². The largest absolute Gasteiger partial charge is 0.349 e. The SMILES string of the molecule is Cc1ccc([C@@H]2OC3(C(=O)c4ccccc4C3=O)[C@@H]3C(=O)N(CCc4ccccc4)C(=O)[C@H]32)cc1. The zero-order valence-corrected chi connectivity index (χ0v) is 19.1. The predicted molar refractivity (Wildman–Crippen MR) is 127 cm³/mol. The van der Waals surface area contributed by atoms with E-state index in [4.69, 9.17) is 4.74 Å². The molecule has 3 aliphatic rings. The number of hydrogen-bond donors (Lipinski definition) is 0. The lowest BCUT2D eigenvalue weighted by atomic mass is 9.77. The Morgan fingerprint density at radius 1 is 0.771 bits per heavy atom. The molecule has 35 heavy (non-hydrogen) atoms. The fourth-order valence-corrected chi connectivity index (χ4v) is 5.74. The normalized spacial score (nSPS) is 24.4. The van der Waals surface area contributed by atoms with E-state index < -0.39 is 46.9 Å². The molecule has 2 fully saturated rings. The number of imide groups is 1. The van der Waals surface area contributed by atoms with Crippen molar-refractivity contribution in [2.45, 2.75) is 25.0 Å². The number of Topliss-reactive ketones (excluding diaryl/α,β-unsaturated/α-hetero) is 2. The third-order valence-corrected chi connectivity index (χ3v) is 7.48. The lowest BCUT2D eigenvalue weighted by molar-refractivity contribution is -0.144. The molecule has 6 rings (SSSR count). The molecule has 2 aliphatic heterocycles. The van der Waals surface area contributed by atoms with Gasteiger partial charge < -0.3 is 4.74 Å². The molecule has 0 N–H and O–H groups in total. The van der Waals surface area contributed by atoms with Gasteiger partial charge in [0.15, 0.2) is 0 Å². The number of fused-ring (bicyclic) bond motifs is 3. The summed E-state index contributed by atoms with van der Waals surface area (Å²) in [6, 6.07) is 23.5. The maximum atomic E-state index is 13.8. The van der Waals surface area contributed by atoms with Gasteiger partial charge in [0.05, 0.1) is 17.9 Å². The van der Waals surface area contributed by atoms with Crippen molar-refractivity contribution in [1.29, 1.82) is 0 Å². The third kappa shape index (κ3) is 2.99. The second-order valence-corrected chi connectivity index (χ2v) is 9.46. The van der Waals surface area contributed by atoms with Crippen LogP contribution in [0.15, 0.2) is 78.9 Å². The Hall–Kier alpha value is -3.90. The number of ketones is 2. The summed E-state index contributed by atoms with van der Waals surface area (Å²) >= 11 is 0. The minimum Gasteiger partial charge on any atom is -0.349 e. The van der Waals surface area contributed by atoms with Gasteiger partial charge >= 0.3 is 0 Å². The number of likely N-dealkylation sites (tertiary alicyclic amines) is 1. The van der Waals surface area contributed by atoms with E-state index in [0.29, 0.717) is 12.0 Å². The first-order chi connectivity index (χ1) is 16.9. The quantitative estimate of drug-likeness (QED) is 0.433. The Bertz CT molecular complexity index is 1340. The van der Waals surface area contributed by atoms with Crippen LogP contribution in [0.5, 0.6) is 0 Å². The molecule has 1 aliphatic carbocycles. The minimum absolute atomic E-state index is 0.181. The molecular weight excluding hydrogens is 442 g/mol. The smallest absolute Gasteiger partial charge is 0.237 e. The van der Waals surface area contributed by atoms with Crippen LogP contribution in [-0.4, -0.2) is 40.4 Å². The van der Waals surface area contributed by atoms with Crippen LogP contribution >= 0.6 is 0 Å². The van der Waals surface area contributed by atoms with Gasteiger partial charge in [-0.05, 0) is 24.5 Å². The van der Waals surface area contributed by atoms with Crippen molar-refractivity contribution in [2.24, 2.45) is 11.8 Å². The van der Waals surface area contributed by atoms with Crippen molar-refractivity contribution in [3.63, 3.8) is 0 Å². The number of amides is 2. The van der Waals surface area contributed by atoms with Gasteiger partial charge in [0.2, 0.25) is 29.0 Å². The second kappa shape index (κ2) is 7.82. The fraction of sp³-hybridized carbons (Fsp3) is 0.241. The zero-order valence-electron chi connectivity index (χ0n) is 19.1. The van der Waals surface area contributed by atoms with E-state index in [1.54, 1.807) is 24.3 Å². The standard InChI is InChI=1S/C29H23NO5/c1-17-11-13-19(14-12-17)24-22-23(28(34)30(27(22)33)16-15-18-7-3-2-4-8-18)29(35-24)25(31)20-9-5-6-10-21(20)26(29)32/h2-14,22-24H,15-16H2,1H3/t22-,23+,24+/m1/s1. The van der Waals surface area contributed by atoms with E-state index in [2.05, 4.69) is 0 Å². The third-order valence-electron chi connectivity index (χ3n) is 7.48. The van der Waals surface area contributed by atoms with Crippen molar-refractivity contribution in [3.8, 4) is 0 Å². The predicted octanol–water partition coefficient (Wildman–Crippen LogP) is 3.73. The fourth-order valence-electron chi connectivity index (χ4n) is 5.74. The average molecular weight is 466 g/mol. The van der Waals surface area contributed by atoms with Crippen molar-refractivity contribution in [3.05, 3.63) is 107 Å². The van der Waals surface area contributed by atoms with Gasteiger partial charge in [-0.15, -0.1) is 0 Å². The first kappa shape index (κ1) is 21.6. The highest BCUT2D eigenvalue weighted by Gasteiger charge is 2.74. The van der Waals surface area contributed by atoms with Crippen LogP contribution in [0.2, 0.25) is 0 Å². The number of hydrogen-bond acceptors (Lipinski definition) is 5. The molecule has 3 aromatic rings. The van der Waals surface area contributed by atoms with Gasteiger partial charge in [-0.3, -0.25) is 24.1 Å². The molecule has 0 unspecified atom stereocenters. The molecule has 6 heteroatoms. The number of carbonyl (C=O) groups excluding carboxylic acids is 4. The number of benzene rings is 3. The van der Waals surface area contributed by atoms with E-state index in [0.717, 1.165) is 11.1 Å². The number of aryl methyl sites for hydroxylation is 1. The van der Waals surface area contributed by atoms with Gasteiger partial charge in [-0.25, -0.2) is 0 Å². The summed E-state index contributed by atoms with van der Waals surface area (Å²) in [4.78, 5) is 56.1. The number of ether oxygens (including phenoxy) is 1. The van der Waals surface area contributed by atoms with E-state index in [9.17, 15) is 19.2 Å². The minimum atomic E-state index is -2.02. The summed E-state index contributed by atoms with van der Waals surface area (Å²) in [5, 5.41) is 0. The summed E-state index contributed by atoms with van der Waals surface area (Å²) in [6.07, 6.45) is -0.385. The van der Waals surface area contributed by atoms with Gasteiger partial charge in [0.1, 0.15) is 0 Å². The summed E-state index contributed by atoms with van der Waals surface area (Å²) in [6.45, 7) is 2.13. The van der Waals surface area contributed by atoms with Crippen LogP contribution in [0.4, 0.5) is 0 Å². The van der Waals surface area contributed by atoms with Crippen molar-refractivity contribution in [2.75, 3.05) is 6.54 Å². The van der Waals surface area contributed by atoms with Gasteiger partial charge in [0.25, 0.3) is 0 Å². The molecular formula is C29H23NO5. The zero-order chi connectivity index (χ0) is 24.3. The lowest BCUT2D eigenvalue weighted by Crippen LogP contribution is -2.51.